The van der Waals surface area contributed by atoms with E-state index in [-0.39, 0.29) is 5.41 Å². The molecule has 3 nitrogen and oxygen atoms in total. The fraction of sp³-hybridized carbons (Fsp3) is 0.455. The van der Waals surface area contributed by atoms with Crippen LogP contribution in [-0.2, 0) is 5.41 Å². The number of phenolic OH excluding ortho intramolecular Hbond substituents is 1. The van der Waals surface area contributed by atoms with Gasteiger partial charge in [0, 0.05) is 37.9 Å². The minimum absolute atomic E-state index is 0.111. The molecule has 2 aromatic carbocycles. The lowest BCUT2D eigenvalue weighted by Crippen LogP contribution is -2.61. The van der Waals surface area contributed by atoms with E-state index in [1.807, 2.05) is 12.1 Å². The first-order chi connectivity index (χ1) is 12.1. The van der Waals surface area contributed by atoms with Gasteiger partial charge in [-0.1, -0.05) is 44.2 Å². The number of benzene rings is 2. The van der Waals surface area contributed by atoms with Crippen molar-refractivity contribution in [3.8, 4) is 5.75 Å². The molecule has 0 bridgehead atoms. The van der Waals surface area contributed by atoms with Gasteiger partial charge in [0.15, 0.2) is 0 Å². The number of hydrogen-bond donors (Lipinski definition) is 1. The highest BCUT2D eigenvalue weighted by Gasteiger charge is 2.44. The molecule has 0 amide bonds. The average molecular weight is 336 g/mol. The van der Waals surface area contributed by atoms with Crippen molar-refractivity contribution in [2.75, 3.05) is 31.1 Å². The Kier molecular flexibility index (Phi) is 4.20. The topological polar surface area (TPSA) is 26.7 Å². The Labute approximate surface area is 150 Å². The van der Waals surface area contributed by atoms with Crippen LogP contribution in [0.25, 0.3) is 0 Å². The highest BCUT2D eigenvalue weighted by atomic mass is 16.3. The lowest BCUT2D eigenvalue weighted by atomic mass is 9.65. The largest absolute Gasteiger partial charge is 0.508 e. The van der Waals surface area contributed by atoms with Gasteiger partial charge >= 0.3 is 0 Å². The number of aromatic hydroxyl groups is 1. The monoisotopic (exact) mass is 336 g/mol. The third-order valence-corrected chi connectivity index (χ3v) is 6.49. The zero-order chi connectivity index (χ0) is 17.4. The van der Waals surface area contributed by atoms with Gasteiger partial charge in [-0.25, -0.2) is 0 Å². The maximum atomic E-state index is 9.95. The van der Waals surface area contributed by atoms with Crippen molar-refractivity contribution in [3.05, 3.63) is 60.2 Å². The normalized spacial score (nSPS) is 30.1. The molecule has 2 aliphatic rings. The van der Waals surface area contributed by atoms with E-state index in [0.717, 1.165) is 32.6 Å². The van der Waals surface area contributed by atoms with Crippen molar-refractivity contribution in [1.29, 1.82) is 0 Å². The number of piperazine rings is 1. The summed E-state index contributed by atoms with van der Waals surface area (Å²) in [5, 5.41) is 9.95. The number of anilines is 1. The summed E-state index contributed by atoms with van der Waals surface area (Å²) in [6.45, 7) is 9.22. The van der Waals surface area contributed by atoms with Gasteiger partial charge in [-0.05, 0) is 47.6 Å². The molecule has 3 heteroatoms. The minimum atomic E-state index is 0.111. The molecule has 2 aliphatic heterocycles. The van der Waals surface area contributed by atoms with E-state index in [0.29, 0.717) is 17.7 Å². The second kappa shape index (κ2) is 6.38. The number of fused-ring (bicyclic) bond motifs is 1. The first-order valence-electron chi connectivity index (χ1n) is 9.40. The molecule has 2 aromatic rings. The summed E-state index contributed by atoms with van der Waals surface area (Å²) < 4.78 is 0. The van der Waals surface area contributed by atoms with E-state index in [1.54, 1.807) is 6.07 Å². The third-order valence-electron chi connectivity index (χ3n) is 6.49. The summed E-state index contributed by atoms with van der Waals surface area (Å²) in [5.41, 5.74) is 2.72. The van der Waals surface area contributed by atoms with Gasteiger partial charge in [-0.3, -0.25) is 4.90 Å². The Morgan fingerprint density at radius 1 is 1.00 bits per heavy atom. The lowest BCUT2D eigenvalue weighted by molar-refractivity contribution is 0.0467. The molecule has 2 saturated heterocycles. The number of piperidine rings is 1. The van der Waals surface area contributed by atoms with Gasteiger partial charge < -0.3 is 10.0 Å². The van der Waals surface area contributed by atoms with E-state index in [9.17, 15) is 5.11 Å². The number of para-hydroxylation sites is 1. The van der Waals surface area contributed by atoms with Gasteiger partial charge in [0.25, 0.3) is 0 Å². The van der Waals surface area contributed by atoms with Gasteiger partial charge in [0.05, 0.1) is 0 Å². The summed E-state index contributed by atoms with van der Waals surface area (Å²) in [5.74, 6) is 0.955. The Hall–Kier alpha value is -2.00. The molecule has 25 heavy (non-hydrogen) atoms. The maximum Gasteiger partial charge on any atom is 0.115 e. The molecule has 0 radical (unpaired) electrons. The van der Waals surface area contributed by atoms with Gasteiger partial charge in [0.2, 0.25) is 0 Å². The number of rotatable bonds is 2. The fourth-order valence-electron chi connectivity index (χ4n) is 4.71. The summed E-state index contributed by atoms with van der Waals surface area (Å²) in [7, 11) is 0. The summed E-state index contributed by atoms with van der Waals surface area (Å²) in [6, 6.07) is 19.2. The Balaban J connectivity index is 1.58. The predicted octanol–water partition coefficient (Wildman–Crippen LogP) is 3.88. The fourth-order valence-corrected chi connectivity index (χ4v) is 4.71. The first-order valence-corrected chi connectivity index (χ1v) is 9.40. The third kappa shape index (κ3) is 3.02. The molecule has 1 N–H and O–H groups in total. The molecular formula is C22H28N2O. The molecule has 0 aliphatic carbocycles. The lowest BCUT2D eigenvalue weighted by Gasteiger charge is -2.53. The SMILES string of the molecule is CC1CN2CCN(c3ccccc3)CC2C[C@@]1(C)c1cccc(O)c1. The van der Waals surface area contributed by atoms with Crippen LogP contribution < -0.4 is 4.90 Å². The van der Waals surface area contributed by atoms with Crippen LogP contribution in [0.4, 0.5) is 5.69 Å². The molecule has 4 rings (SSSR count). The van der Waals surface area contributed by atoms with Gasteiger partial charge in [-0.15, -0.1) is 0 Å². The van der Waals surface area contributed by atoms with Crippen molar-refractivity contribution in [3.63, 3.8) is 0 Å². The van der Waals surface area contributed by atoms with Crippen LogP contribution in [0.1, 0.15) is 25.8 Å². The number of nitrogens with zero attached hydrogens (tertiary/aromatic N) is 2. The van der Waals surface area contributed by atoms with E-state index in [4.69, 9.17) is 0 Å². The van der Waals surface area contributed by atoms with E-state index in [1.165, 1.54) is 11.3 Å². The molecule has 2 heterocycles. The van der Waals surface area contributed by atoms with Crippen LogP contribution in [0.2, 0.25) is 0 Å². The Morgan fingerprint density at radius 2 is 1.80 bits per heavy atom. The smallest absolute Gasteiger partial charge is 0.115 e. The first kappa shape index (κ1) is 16.5. The van der Waals surface area contributed by atoms with Crippen molar-refractivity contribution >= 4 is 5.69 Å². The van der Waals surface area contributed by atoms with Crippen LogP contribution in [0, 0.1) is 5.92 Å². The van der Waals surface area contributed by atoms with Gasteiger partial charge in [0.1, 0.15) is 5.75 Å². The molecule has 0 saturated carbocycles. The van der Waals surface area contributed by atoms with Crippen LogP contribution in [0.3, 0.4) is 0 Å². The Bertz CT molecular complexity index is 732. The minimum Gasteiger partial charge on any atom is -0.508 e. The van der Waals surface area contributed by atoms with Crippen LogP contribution in [0.5, 0.6) is 5.75 Å². The summed E-state index contributed by atoms with van der Waals surface area (Å²) >= 11 is 0. The maximum absolute atomic E-state index is 9.95. The molecule has 0 spiro atoms. The molecule has 132 valence electrons. The zero-order valence-corrected chi connectivity index (χ0v) is 15.2. The van der Waals surface area contributed by atoms with E-state index < -0.39 is 0 Å². The molecule has 2 unspecified atom stereocenters. The zero-order valence-electron chi connectivity index (χ0n) is 15.2. The highest BCUT2D eigenvalue weighted by molar-refractivity contribution is 5.47. The molecular weight excluding hydrogens is 308 g/mol. The van der Waals surface area contributed by atoms with Crippen molar-refractivity contribution in [2.24, 2.45) is 5.92 Å². The predicted molar refractivity (Wildman–Crippen MR) is 103 cm³/mol. The van der Waals surface area contributed by atoms with Gasteiger partial charge in [-0.2, -0.15) is 0 Å². The highest BCUT2D eigenvalue weighted by Crippen LogP contribution is 2.43. The summed E-state index contributed by atoms with van der Waals surface area (Å²) in [4.78, 5) is 5.20. The van der Waals surface area contributed by atoms with Crippen molar-refractivity contribution < 1.29 is 5.11 Å². The van der Waals surface area contributed by atoms with Crippen molar-refractivity contribution in [1.82, 2.24) is 4.90 Å². The van der Waals surface area contributed by atoms with Crippen molar-refractivity contribution in [2.45, 2.75) is 31.7 Å². The van der Waals surface area contributed by atoms with E-state index >= 15 is 0 Å². The average Bonchev–Trinajstić information content (AvgIpc) is 2.63. The second-order valence-electron chi connectivity index (χ2n) is 8.00. The molecule has 0 aromatic heterocycles. The van der Waals surface area contributed by atoms with Crippen LogP contribution >= 0.6 is 0 Å². The van der Waals surface area contributed by atoms with E-state index in [2.05, 4.69) is 60.0 Å². The number of phenols is 1. The summed E-state index contributed by atoms with van der Waals surface area (Å²) in [6.07, 6.45) is 1.14. The Morgan fingerprint density at radius 3 is 2.56 bits per heavy atom. The van der Waals surface area contributed by atoms with Crippen LogP contribution in [0.15, 0.2) is 54.6 Å². The molecule has 2 fully saturated rings. The second-order valence-corrected chi connectivity index (χ2v) is 8.00. The van der Waals surface area contributed by atoms with Crippen LogP contribution in [-0.4, -0.2) is 42.2 Å². The molecule has 3 atom stereocenters. The quantitative estimate of drug-likeness (QED) is 0.901. The number of hydrogen-bond acceptors (Lipinski definition) is 3. The standard InChI is InChI=1S/C22H28N2O/c1-17-15-23-11-12-24(19-8-4-3-5-9-19)16-20(23)14-22(17,2)18-7-6-10-21(25)13-18/h3-10,13,17,20,25H,11-12,14-16H2,1-2H3/t17?,20?,22-/m1/s1.